The molecule has 5 nitrogen and oxygen atoms in total. The normalized spacial score (nSPS) is 11.6. The Morgan fingerprint density at radius 2 is 1.81 bits per heavy atom. The van der Waals surface area contributed by atoms with Crippen LogP contribution in [0.15, 0.2) is 30.3 Å². The van der Waals surface area contributed by atoms with Gasteiger partial charge in [0.2, 0.25) is 0 Å². The van der Waals surface area contributed by atoms with E-state index in [0.717, 1.165) is 5.56 Å². The first-order chi connectivity index (χ1) is 7.61. The summed E-state index contributed by atoms with van der Waals surface area (Å²) in [6.07, 6.45) is 1.52. The minimum atomic E-state index is -1.34. The molecule has 0 radical (unpaired) electrons. The van der Waals surface area contributed by atoms with Gasteiger partial charge in [-0.05, 0) is 5.56 Å². The summed E-state index contributed by atoms with van der Waals surface area (Å²) in [6.45, 7) is 0. The number of rotatable bonds is 4. The Morgan fingerprint density at radius 1 is 1.31 bits per heavy atom. The monoisotopic (exact) mass is 247 g/mol. The van der Waals surface area contributed by atoms with E-state index in [1.54, 1.807) is 30.3 Å². The first kappa shape index (κ1) is 14.9. The quantitative estimate of drug-likeness (QED) is 0.556. The zero-order valence-corrected chi connectivity index (χ0v) is 9.50. The summed E-state index contributed by atoms with van der Waals surface area (Å²) in [5, 5.41) is 25.7. The van der Waals surface area contributed by atoms with E-state index in [9.17, 15) is 4.79 Å². The zero-order chi connectivity index (χ0) is 12.6. The van der Waals surface area contributed by atoms with Crippen LogP contribution in [0.5, 0.6) is 0 Å². The number of aliphatic carboxylic acids is 1. The average Bonchev–Trinajstić information content (AvgIpc) is 2.29. The van der Waals surface area contributed by atoms with Crippen LogP contribution in [0.25, 0.3) is 0 Å². The molecule has 6 heteroatoms. The number of hydrogen-bond acceptors (Lipinski definition) is 4. The van der Waals surface area contributed by atoms with Crippen molar-refractivity contribution in [2.75, 3.05) is 6.38 Å². The maximum Gasteiger partial charge on any atom is 0.326 e. The SMILES string of the molecule is CCl.O=C(O)C(Cc1ccccc1)N(O)O. The molecule has 0 aliphatic carbocycles. The average molecular weight is 248 g/mol. The molecule has 90 valence electrons. The Kier molecular flexibility index (Phi) is 7.49. The Labute approximate surface area is 98.4 Å². The van der Waals surface area contributed by atoms with E-state index in [4.69, 9.17) is 15.5 Å². The highest BCUT2D eigenvalue weighted by molar-refractivity contribution is 6.15. The summed E-state index contributed by atoms with van der Waals surface area (Å²) < 4.78 is 0. The number of hydroxylamine groups is 2. The van der Waals surface area contributed by atoms with Gasteiger partial charge in [-0.1, -0.05) is 35.6 Å². The minimum absolute atomic E-state index is 0.0448. The summed E-state index contributed by atoms with van der Waals surface area (Å²) in [6, 6.07) is 7.42. The van der Waals surface area contributed by atoms with Crippen LogP contribution in [-0.4, -0.2) is 39.1 Å². The first-order valence-electron chi connectivity index (χ1n) is 4.43. The molecular formula is C10H14ClNO4. The summed E-state index contributed by atoms with van der Waals surface area (Å²) in [5.74, 6) is -1.28. The second kappa shape index (κ2) is 8.06. The lowest BCUT2D eigenvalue weighted by molar-refractivity contribution is -0.327. The lowest BCUT2D eigenvalue weighted by Gasteiger charge is -2.15. The van der Waals surface area contributed by atoms with Gasteiger partial charge in [-0.2, -0.15) is 0 Å². The number of benzene rings is 1. The zero-order valence-electron chi connectivity index (χ0n) is 8.75. The Hall–Kier alpha value is -1.14. The molecule has 0 heterocycles. The third-order valence-corrected chi connectivity index (χ3v) is 1.84. The van der Waals surface area contributed by atoms with E-state index in [0.29, 0.717) is 0 Å². The largest absolute Gasteiger partial charge is 0.480 e. The van der Waals surface area contributed by atoms with Crippen molar-refractivity contribution in [3.8, 4) is 0 Å². The predicted molar refractivity (Wildman–Crippen MR) is 58.8 cm³/mol. The van der Waals surface area contributed by atoms with Crippen LogP contribution in [0.2, 0.25) is 0 Å². The fourth-order valence-electron chi connectivity index (χ4n) is 1.11. The van der Waals surface area contributed by atoms with Crippen molar-refractivity contribution >= 4 is 17.6 Å². The molecular weight excluding hydrogens is 234 g/mol. The summed E-state index contributed by atoms with van der Waals surface area (Å²) >= 11 is 4.64. The van der Waals surface area contributed by atoms with Crippen molar-refractivity contribution in [3.05, 3.63) is 35.9 Å². The number of carboxylic acid groups (broad SMARTS) is 1. The van der Waals surface area contributed by atoms with Crippen molar-refractivity contribution in [1.82, 2.24) is 5.23 Å². The standard InChI is InChI=1S/C9H11NO4.CH3Cl/c11-9(12)8(10(13)14)6-7-4-2-1-3-5-7;1-2/h1-5,8,13-14H,6H2,(H,11,12);1H3. The van der Waals surface area contributed by atoms with Crippen molar-refractivity contribution in [2.45, 2.75) is 12.5 Å². The van der Waals surface area contributed by atoms with Crippen LogP contribution in [0.3, 0.4) is 0 Å². The molecule has 0 aliphatic heterocycles. The Balaban J connectivity index is 0.00000106. The predicted octanol–water partition coefficient (Wildman–Crippen LogP) is 1.62. The van der Waals surface area contributed by atoms with Gasteiger partial charge in [0.05, 0.1) is 0 Å². The fraction of sp³-hybridized carbons (Fsp3) is 0.300. The molecule has 0 bridgehead atoms. The van der Waals surface area contributed by atoms with Gasteiger partial charge in [-0.15, -0.1) is 11.6 Å². The van der Waals surface area contributed by atoms with Crippen LogP contribution >= 0.6 is 11.6 Å². The Bertz CT molecular complexity index is 305. The van der Waals surface area contributed by atoms with E-state index in [1.165, 1.54) is 6.38 Å². The third-order valence-electron chi connectivity index (χ3n) is 1.84. The number of hydrogen-bond donors (Lipinski definition) is 3. The molecule has 1 atom stereocenters. The topological polar surface area (TPSA) is 81.0 Å². The second-order valence-electron chi connectivity index (χ2n) is 2.86. The van der Waals surface area contributed by atoms with E-state index < -0.39 is 12.0 Å². The van der Waals surface area contributed by atoms with Crippen molar-refractivity contribution in [3.63, 3.8) is 0 Å². The molecule has 0 saturated carbocycles. The van der Waals surface area contributed by atoms with E-state index in [1.807, 2.05) is 0 Å². The van der Waals surface area contributed by atoms with Crippen molar-refractivity contribution in [1.29, 1.82) is 0 Å². The van der Waals surface area contributed by atoms with Gasteiger partial charge in [0.15, 0.2) is 6.04 Å². The van der Waals surface area contributed by atoms with Gasteiger partial charge in [-0.3, -0.25) is 15.2 Å². The number of carboxylic acids is 1. The lowest BCUT2D eigenvalue weighted by atomic mass is 10.1. The molecule has 0 aromatic heterocycles. The van der Waals surface area contributed by atoms with Crippen LogP contribution < -0.4 is 0 Å². The molecule has 1 aromatic carbocycles. The Morgan fingerprint density at radius 3 is 2.19 bits per heavy atom. The number of carbonyl (C=O) groups is 1. The maximum atomic E-state index is 10.6. The van der Waals surface area contributed by atoms with Gasteiger partial charge in [0.25, 0.3) is 0 Å². The maximum absolute atomic E-state index is 10.6. The molecule has 3 N–H and O–H groups in total. The van der Waals surface area contributed by atoms with Gasteiger partial charge in [0, 0.05) is 12.8 Å². The van der Waals surface area contributed by atoms with Crippen LogP contribution in [0, 0.1) is 0 Å². The number of alkyl halides is 1. The summed E-state index contributed by atoms with van der Waals surface area (Å²) in [4.78, 5) is 10.6. The van der Waals surface area contributed by atoms with Crippen molar-refractivity contribution in [2.24, 2.45) is 0 Å². The highest BCUT2D eigenvalue weighted by atomic mass is 35.5. The van der Waals surface area contributed by atoms with Crippen molar-refractivity contribution < 1.29 is 20.3 Å². The van der Waals surface area contributed by atoms with Gasteiger partial charge < -0.3 is 5.11 Å². The molecule has 1 rings (SSSR count). The molecule has 0 saturated heterocycles. The minimum Gasteiger partial charge on any atom is -0.480 e. The number of halogens is 1. The van der Waals surface area contributed by atoms with Crippen LogP contribution in [0.4, 0.5) is 0 Å². The van der Waals surface area contributed by atoms with E-state index in [-0.39, 0.29) is 11.6 Å². The second-order valence-corrected chi connectivity index (χ2v) is 2.86. The molecule has 0 spiro atoms. The third kappa shape index (κ3) is 5.09. The fourth-order valence-corrected chi connectivity index (χ4v) is 1.11. The lowest BCUT2D eigenvalue weighted by Crippen LogP contribution is -2.38. The molecule has 16 heavy (non-hydrogen) atoms. The summed E-state index contributed by atoms with van der Waals surface area (Å²) in [5.41, 5.74) is 0.730. The van der Waals surface area contributed by atoms with Gasteiger partial charge in [-0.25, -0.2) is 0 Å². The highest BCUT2D eigenvalue weighted by Crippen LogP contribution is 2.06. The van der Waals surface area contributed by atoms with Crippen LogP contribution in [-0.2, 0) is 11.2 Å². The number of nitrogens with zero attached hydrogens (tertiary/aromatic N) is 1. The van der Waals surface area contributed by atoms with Gasteiger partial charge >= 0.3 is 5.97 Å². The molecule has 0 amide bonds. The van der Waals surface area contributed by atoms with E-state index >= 15 is 0 Å². The molecule has 1 aromatic rings. The highest BCUT2D eigenvalue weighted by Gasteiger charge is 2.23. The molecule has 0 aliphatic rings. The smallest absolute Gasteiger partial charge is 0.326 e. The molecule has 1 unspecified atom stereocenters. The van der Waals surface area contributed by atoms with E-state index in [2.05, 4.69) is 11.6 Å². The summed E-state index contributed by atoms with van der Waals surface area (Å²) in [7, 11) is 0. The van der Waals surface area contributed by atoms with Gasteiger partial charge in [0.1, 0.15) is 0 Å². The first-order valence-corrected chi connectivity index (χ1v) is 5.18. The molecule has 0 fully saturated rings. The van der Waals surface area contributed by atoms with Crippen LogP contribution in [0.1, 0.15) is 5.56 Å².